The van der Waals surface area contributed by atoms with Crippen LogP contribution in [-0.2, 0) is 6.54 Å². The van der Waals surface area contributed by atoms with Crippen LogP contribution >= 0.6 is 0 Å². The number of piperidine rings is 1. The average molecular weight is 279 g/mol. The molecule has 112 valence electrons. The van der Waals surface area contributed by atoms with Crippen molar-refractivity contribution >= 4 is 6.03 Å². The van der Waals surface area contributed by atoms with Gasteiger partial charge in [0, 0.05) is 12.6 Å². The molecule has 5 heteroatoms. The first kappa shape index (κ1) is 14.9. The third-order valence-corrected chi connectivity index (χ3v) is 4.00. The Labute approximate surface area is 120 Å². The Hall–Kier alpha value is -1.49. The SMILES string of the molecule is CC1CCN(C(C)CNC(=O)NCc2ccco2)CC1. The average Bonchev–Trinajstić information content (AvgIpc) is 2.96. The minimum atomic E-state index is -0.140. The van der Waals surface area contributed by atoms with E-state index in [1.54, 1.807) is 6.26 Å². The fourth-order valence-electron chi connectivity index (χ4n) is 2.48. The molecule has 0 radical (unpaired) electrons. The molecule has 1 aliphatic heterocycles. The molecule has 1 fully saturated rings. The molecule has 2 heterocycles. The Bertz CT molecular complexity index is 397. The predicted octanol–water partition coefficient (Wildman–Crippen LogP) is 2.20. The largest absolute Gasteiger partial charge is 0.467 e. The van der Waals surface area contributed by atoms with Gasteiger partial charge in [-0.3, -0.25) is 4.90 Å². The van der Waals surface area contributed by atoms with Crippen molar-refractivity contribution in [2.75, 3.05) is 19.6 Å². The minimum absolute atomic E-state index is 0.140. The summed E-state index contributed by atoms with van der Waals surface area (Å²) in [5.74, 6) is 1.60. The van der Waals surface area contributed by atoms with E-state index in [0.29, 0.717) is 19.1 Å². The van der Waals surface area contributed by atoms with Crippen molar-refractivity contribution < 1.29 is 9.21 Å². The van der Waals surface area contributed by atoms with Crippen molar-refractivity contribution in [3.05, 3.63) is 24.2 Å². The van der Waals surface area contributed by atoms with Crippen LogP contribution in [-0.4, -0.2) is 36.6 Å². The predicted molar refractivity (Wildman–Crippen MR) is 78.4 cm³/mol. The van der Waals surface area contributed by atoms with Gasteiger partial charge in [0.1, 0.15) is 5.76 Å². The number of amides is 2. The summed E-state index contributed by atoms with van der Waals surface area (Å²) in [6.45, 7) is 7.86. The Morgan fingerprint density at radius 2 is 2.20 bits per heavy atom. The number of carbonyl (C=O) groups is 1. The molecule has 1 atom stereocenters. The Morgan fingerprint density at radius 3 is 2.85 bits per heavy atom. The number of nitrogens with one attached hydrogen (secondary N) is 2. The molecule has 1 aromatic heterocycles. The summed E-state index contributed by atoms with van der Waals surface area (Å²) in [4.78, 5) is 14.1. The van der Waals surface area contributed by atoms with Gasteiger partial charge in [0.2, 0.25) is 0 Å². The lowest BCUT2D eigenvalue weighted by atomic mass is 9.98. The summed E-state index contributed by atoms with van der Waals surface area (Å²) in [5, 5.41) is 5.71. The van der Waals surface area contributed by atoms with E-state index in [0.717, 1.165) is 24.8 Å². The van der Waals surface area contributed by atoms with Gasteiger partial charge < -0.3 is 15.1 Å². The fourth-order valence-corrected chi connectivity index (χ4v) is 2.48. The summed E-state index contributed by atoms with van der Waals surface area (Å²) < 4.78 is 5.16. The van der Waals surface area contributed by atoms with Gasteiger partial charge in [-0.15, -0.1) is 0 Å². The van der Waals surface area contributed by atoms with Gasteiger partial charge in [-0.1, -0.05) is 6.92 Å². The van der Waals surface area contributed by atoms with E-state index in [1.807, 2.05) is 12.1 Å². The minimum Gasteiger partial charge on any atom is -0.467 e. The molecular formula is C15H25N3O2. The highest BCUT2D eigenvalue weighted by atomic mass is 16.3. The van der Waals surface area contributed by atoms with E-state index < -0.39 is 0 Å². The monoisotopic (exact) mass is 279 g/mol. The molecule has 2 rings (SSSR count). The van der Waals surface area contributed by atoms with Crippen molar-refractivity contribution in [1.29, 1.82) is 0 Å². The first-order valence-electron chi connectivity index (χ1n) is 7.43. The van der Waals surface area contributed by atoms with Crippen LogP contribution < -0.4 is 10.6 Å². The van der Waals surface area contributed by atoms with Gasteiger partial charge in [-0.05, 0) is 50.9 Å². The van der Waals surface area contributed by atoms with Crippen LogP contribution in [0.15, 0.2) is 22.8 Å². The van der Waals surface area contributed by atoms with Gasteiger partial charge in [-0.2, -0.15) is 0 Å². The summed E-state index contributed by atoms with van der Waals surface area (Å²) in [6, 6.07) is 3.90. The van der Waals surface area contributed by atoms with Crippen molar-refractivity contribution in [3.8, 4) is 0 Å². The molecule has 1 aliphatic rings. The quantitative estimate of drug-likeness (QED) is 0.868. The van der Waals surface area contributed by atoms with Crippen molar-refractivity contribution in [3.63, 3.8) is 0 Å². The number of carbonyl (C=O) groups excluding carboxylic acids is 1. The number of nitrogens with zero attached hydrogens (tertiary/aromatic N) is 1. The maximum absolute atomic E-state index is 11.7. The number of rotatable bonds is 5. The molecule has 1 aromatic rings. The zero-order valence-corrected chi connectivity index (χ0v) is 12.4. The number of hydrogen-bond donors (Lipinski definition) is 2. The molecule has 5 nitrogen and oxygen atoms in total. The van der Waals surface area contributed by atoms with Crippen molar-refractivity contribution in [2.24, 2.45) is 5.92 Å². The van der Waals surface area contributed by atoms with Crippen molar-refractivity contribution in [1.82, 2.24) is 15.5 Å². The normalized spacial score (nSPS) is 18.7. The lowest BCUT2D eigenvalue weighted by molar-refractivity contribution is 0.145. The van der Waals surface area contributed by atoms with Crippen LogP contribution in [0.3, 0.4) is 0 Å². The van der Waals surface area contributed by atoms with E-state index in [-0.39, 0.29) is 6.03 Å². The highest BCUT2D eigenvalue weighted by molar-refractivity contribution is 5.73. The van der Waals surface area contributed by atoms with E-state index in [1.165, 1.54) is 12.8 Å². The maximum Gasteiger partial charge on any atom is 0.315 e. The van der Waals surface area contributed by atoms with E-state index in [9.17, 15) is 4.79 Å². The Morgan fingerprint density at radius 1 is 1.45 bits per heavy atom. The molecule has 0 aliphatic carbocycles. The standard InChI is InChI=1S/C15H25N3O2/c1-12-5-7-18(8-6-12)13(2)10-16-15(19)17-11-14-4-3-9-20-14/h3-4,9,12-13H,5-8,10-11H2,1-2H3,(H2,16,17,19). The number of urea groups is 1. The second-order valence-electron chi connectivity index (χ2n) is 5.71. The molecule has 0 saturated carbocycles. The molecular weight excluding hydrogens is 254 g/mol. The second-order valence-corrected chi connectivity index (χ2v) is 5.71. The van der Waals surface area contributed by atoms with Gasteiger partial charge in [0.25, 0.3) is 0 Å². The molecule has 2 amide bonds. The van der Waals surface area contributed by atoms with E-state index in [4.69, 9.17) is 4.42 Å². The molecule has 1 unspecified atom stereocenters. The van der Waals surface area contributed by atoms with Crippen LogP contribution in [0, 0.1) is 5.92 Å². The van der Waals surface area contributed by atoms with Crippen LogP contribution in [0.1, 0.15) is 32.4 Å². The molecule has 0 bridgehead atoms. The Kier molecular flexibility index (Phi) is 5.47. The second kappa shape index (κ2) is 7.33. The smallest absolute Gasteiger partial charge is 0.315 e. The first-order valence-corrected chi connectivity index (χ1v) is 7.43. The lowest BCUT2D eigenvalue weighted by Crippen LogP contribution is -2.47. The van der Waals surface area contributed by atoms with Crippen molar-refractivity contribution in [2.45, 2.75) is 39.3 Å². The van der Waals surface area contributed by atoms with Gasteiger partial charge in [0.15, 0.2) is 0 Å². The maximum atomic E-state index is 11.7. The number of furan rings is 1. The topological polar surface area (TPSA) is 57.5 Å². The highest BCUT2D eigenvalue weighted by Gasteiger charge is 2.20. The molecule has 2 N–H and O–H groups in total. The summed E-state index contributed by atoms with van der Waals surface area (Å²) >= 11 is 0. The van der Waals surface area contributed by atoms with Crippen LogP contribution in [0.25, 0.3) is 0 Å². The van der Waals surface area contributed by atoms with E-state index >= 15 is 0 Å². The van der Waals surface area contributed by atoms with Crippen LogP contribution in [0.2, 0.25) is 0 Å². The third-order valence-electron chi connectivity index (χ3n) is 4.00. The molecule has 0 spiro atoms. The van der Waals surface area contributed by atoms with Crippen LogP contribution in [0.5, 0.6) is 0 Å². The Balaban J connectivity index is 1.62. The highest BCUT2D eigenvalue weighted by Crippen LogP contribution is 2.17. The first-order chi connectivity index (χ1) is 9.65. The van der Waals surface area contributed by atoms with E-state index in [2.05, 4.69) is 29.4 Å². The molecule has 1 saturated heterocycles. The molecule has 0 aromatic carbocycles. The van der Waals surface area contributed by atoms with Gasteiger partial charge in [0.05, 0.1) is 12.8 Å². The summed E-state index contributed by atoms with van der Waals surface area (Å²) in [7, 11) is 0. The van der Waals surface area contributed by atoms with Gasteiger partial charge >= 0.3 is 6.03 Å². The lowest BCUT2D eigenvalue weighted by Gasteiger charge is -2.34. The summed E-state index contributed by atoms with van der Waals surface area (Å²) in [6.07, 6.45) is 4.12. The van der Waals surface area contributed by atoms with Crippen LogP contribution in [0.4, 0.5) is 4.79 Å². The zero-order chi connectivity index (χ0) is 14.4. The number of hydrogen-bond acceptors (Lipinski definition) is 3. The third kappa shape index (κ3) is 4.56. The zero-order valence-electron chi connectivity index (χ0n) is 12.4. The molecule has 20 heavy (non-hydrogen) atoms. The summed E-state index contributed by atoms with van der Waals surface area (Å²) in [5.41, 5.74) is 0. The van der Waals surface area contributed by atoms with Gasteiger partial charge in [-0.25, -0.2) is 4.79 Å². The fraction of sp³-hybridized carbons (Fsp3) is 0.667. The number of likely N-dealkylation sites (tertiary alicyclic amines) is 1.